The molecule has 3 aromatic rings. The molecule has 1 aromatic carbocycles. The first kappa shape index (κ1) is 20.4. The molecule has 0 spiro atoms. The molecular weight excluding hydrogens is 379 g/mol. The van der Waals surface area contributed by atoms with Crippen LogP contribution in [0.1, 0.15) is 49.6 Å². The second-order valence-electron chi connectivity index (χ2n) is 8.41. The topological polar surface area (TPSA) is 50.2 Å². The van der Waals surface area contributed by atoms with E-state index in [0.29, 0.717) is 17.7 Å². The van der Waals surface area contributed by atoms with Gasteiger partial charge in [0.05, 0.1) is 5.52 Å². The highest BCUT2D eigenvalue weighted by Gasteiger charge is 2.24. The Kier molecular flexibility index (Phi) is 5.75. The van der Waals surface area contributed by atoms with E-state index in [1.165, 1.54) is 17.3 Å². The highest BCUT2D eigenvalue weighted by molar-refractivity contribution is 5.95. The van der Waals surface area contributed by atoms with Crippen molar-refractivity contribution in [2.24, 2.45) is 0 Å². The van der Waals surface area contributed by atoms with E-state index in [0.717, 1.165) is 43.1 Å². The number of aryl methyl sites for hydroxylation is 1. The maximum absolute atomic E-state index is 15.2. The summed E-state index contributed by atoms with van der Waals surface area (Å²) in [5, 5.41) is 3.82. The normalized spacial score (nSPS) is 13.5. The van der Waals surface area contributed by atoms with Crippen molar-refractivity contribution in [1.29, 1.82) is 0 Å². The van der Waals surface area contributed by atoms with E-state index in [2.05, 4.69) is 28.7 Å². The van der Waals surface area contributed by atoms with Crippen molar-refractivity contribution in [3.63, 3.8) is 0 Å². The van der Waals surface area contributed by atoms with Crippen LogP contribution < -0.4 is 5.32 Å². The number of amides is 2. The van der Waals surface area contributed by atoms with Crippen LogP contribution in [0.3, 0.4) is 0 Å². The van der Waals surface area contributed by atoms with E-state index in [4.69, 9.17) is 0 Å². The van der Waals surface area contributed by atoms with Gasteiger partial charge in [-0.15, -0.1) is 0 Å². The van der Waals surface area contributed by atoms with Gasteiger partial charge in [-0.3, -0.25) is 4.98 Å². The quantitative estimate of drug-likeness (QED) is 0.619. The summed E-state index contributed by atoms with van der Waals surface area (Å²) in [5.74, 6) is -0.273. The summed E-state index contributed by atoms with van der Waals surface area (Å²) in [6, 6.07) is 7.23. The van der Waals surface area contributed by atoms with Gasteiger partial charge in [-0.2, -0.15) is 0 Å². The van der Waals surface area contributed by atoms with Crippen molar-refractivity contribution in [3.05, 3.63) is 59.3 Å². The first-order chi connectivity index (χ1) is 14.5. The molecule has 0 unspecified atom stereocenters. The zero-order chi connectivity index (χ0) is 21.3. The zero-order valence-corrected chi connectivity index (χ0v) is 17.9. The molecule has 0 radical (unpaired) electrons. The van der Waals surface area contributed by atoms with Gasteiger partial charge in [0.2, 0.25) is 0 Å². The lowest BCUT2D eigenvalue weighted by molar-refractivity contribution is 0.223. The number of anilines is 1. The Morgan fingerprint density at radius 3 is 2.70 bits per heavy atom. The van der Waals surface area contributed by atoms with Crippen molar-refractivity contribution in [1.82, 2.24) is 14.5 Å². The van der Waals surface area contributed by atoms with Crippen LogP contribution in [0.15, 0.2) is 36.7 Å². The van der Waals surface area contributed by atoms with Crippen molar-refractivity contribution in [2.45, 2.75) is 52.0 Å². The molecule has 2 aromatic heterocycles. The van der Waals surface area contributed by atoms with E-state index in [-0.39, 0.29) is 17.9 Å². The Morgan fingerprint density at radius 2 is 1.97 bits per heavy atom. The number of nitrogens with zero attached hydrogens (tertiary/aromatic N) is 3. The Hall–Kier alpha value is -2.89. The molecule has 1 N–H and O–H groups in total. The Bertz CT molecular complexity index is 1060. The number of carbonyl (C=O) groups is 1. The van der Waals surface area contributed by atoms with E-state index in [1.807, 2.05) is 18.2 Å². The number of urea groups is 1. The number of likely N-dealkylation sites (N-methyl/N-ethyl adjacent to an activating group) is 1. The van der Waals surface area contributed by atoms with Crippen LogP contribution in [0.5, 0.6) is 0 Å². The number of pyridine rings is 1. The molecule has 30 heavy (non-hydrogen) atoms. The minimum absolute atomic E-state index is 0.198. The van der Waals surface area contributed by atoms with Crippen molar-refractivity contribution in [3.8, 4) is 0 Å². The van der Waals surface area contributed by atoms with E-state index < -0.39 is 0 Å². The molecule has 1 aliphatic carbocycles. The lowest BCUT2D eigenvalue weighted by atomic mass is 9.95. The van der Waals surface area contributed by atoms with Crippen LogP contribution in [-0.4, -0.2) is 34.1 Å². The fourth-order valence-electron chi connectivity index (χ4n) is 4.46. The lowest BCUT2D eigenvalue weighted by Gasteiger charge is -2.19. The predicted molar refractivity (Wildman–Crippen MR) is 119 cm³/mol. The van der Waals surface area contributed by atoms with Gasteiger partial charge in [0.1, 0.15) is 5.82 Å². The molecule has 0 bridgehead atoms. The molecular formula is C24H29FN4O. The fourth-order valence-corrected chi connectivity index (χ4v) is 4.46. The molecule has 5 nitrogen and oxygen atoms in total. The maximum atomic E-state index is 15.2. The number of hydrogen-bond acceptors (Lipinski definition) is 2. The van der Waals surface area contributed by atoms with Crippen LogP contribution in [0.25, 0.3) is 10.9 Å². The predicted octanol–water partition coefficient (Wildman–Crippen LogP) is 5.34. The summed E-state index contributed by atoms with van der Waals surface area (Å²) in [4.78, 5) is 18.3. The second-order valence-corrected chi connectivity index (χ2v) is 8.41. The summed E-state index contributed by atoms with van der Waals surface area (Å²) >= 11 is 0. The number of aromatic nitrogens is 2. The van der Waals surface area contributed by atoms with Gasteiger partial charge in [-0.25, -0.2) is 9.18 Å². The third kappa shape index (κ3) is 3.91. The molecule has 4 rings (SSSR count). The maximum Gasteiger partial charge on any atom is 0.321 e. The van der Waals surface area contributed by atoms with Crippen molar-refractivity contribution in [2.75, 3.05) is 18.9 Å². The summed E-state index contributed by atoms with van der Waals surface area (Å²) in [6.45, 7) is 4.77. The second kappa shape index (κ2) is 8.46. The summed E-state index contributed by atoms with van der Waals surface area (Å²) < 4.78 is 17.3. The number of rotatable bonds is 5. The van der Waals surface area contributed by atoms with Gasteiger partial charge in [-0.05, 0) is 81.3 Å². The highest BCUT2D eigenvalue weighted by Crippen LogP contribution is 2.37. The van der Waals surface area contributed by atoms with Crippen LogP contribution in [0.4, 0.5) is 14.9 Å². The molecule has 1 aliphatic rings. The first-order valence-electron chi connectivity index (χ1n) is 10.7. The number of halogens is 1. The van der Waals surface area contributed by atoms with Gasteiger partial charge in [0.15, 0.2) is 0 Å². The molecule has 0 atom stereocenters. The average Bonchev–Trinajstić information content (AvgIpc) is 3.08. The average molecular weight is 409 g/mol. The van der Waals surface area contributed by atoms with Gasteiger partial charge in [0.25, 0.3) is 0 Å². The van der Waals surface area contributed by atoms with Crippen LogP contribution >= 0.6 is 0 Å². The molecule has 2 amide bonds. The Labute approximate surface area is 176 Å². The molecule has 0 aliphatic heterocycles. The third-order valence-electron chi connectivity index (χ3n) is 5.96. The highest BCUT2D eigenvalue weighted by atomic mass is 19.1. The lowest BCUT2D eigenvalue weighted by Crippen LogP contribution is -2.33. The summed E-state index contributed by atoms with van der Waals surface area (Å²) in [6.07, 6.45) is 8.46. The minimum atomic E-state index is -0.273. The van der Waals surface area contributed by atoms with Crippen LogP contribution in [-0.2, 0) is 19.3 Å². The largest absolute Gasteiger partial charge is 0.339 e. The number of hydrogen-bond donors (Lipinski definition) is 1. The van der Waals surface area contributed by atoms with E-state index in [1.54, 1.807) is 24.3 Å². The van der Waals surface area contributed by atoms with Gasteiger partial charge < -0.3 is 14.8 Å². The SMILES string of the molecule is CC(C)n1c2c(c3cc(NC(=O)N(C)CCc4ccncc4)cc(F)c31)CCCC2. The Morgan fingerprint density at radius 1 is 1.23 bits per heavy atom. The summed E-state index contributed by atoms with van der Waals surface area (Å²) in [7, 11) is 1.75. The molecule has 0 fully saturated rings. The zero-order valence-electron chi connectivity index (χ0n) is 17.9. The van der Waals surface area contributed by atoms with Crippen LogP contribution in [0.2, 0.25) is 0 Å². The summed E-state index contributed by atoms with van der Waals surface area (Å²) in [5.41, 5.74) is 4.80. The molecule has 0 saturated heterocycles. The van der Waals surface area contributed by atoms with Crippen molar-refractivity contribution < 1.29 is 9.18 Å². The monoisotopic (exact) mass is 408 g/mol. The third-order valence-corrected chi connectivity index (χ3v) is 5.96. The smallest absolute Gasteiger partial charge is 0.321 e. The molecule has 0 saturated carbocycles. The number of fused-ring (bicyclic) bond motifs is 3. The number of nitrogens with one attached hydrogen (secondary N) is 1. The molecule has 6 heteroatoms. The first-order valence-corrected chi connectivity index (χ1v) is 10.7. The van der Waals surface area contributed by atoms with Gasteiger partial charge in [0, 0.05) is 48.8 Å². The minimum Gasteiger partial charge on any atom is -0.339 e. The van der Waals surface area contributed by atoms with E-state index in [9.17, 15) is 4.79 Å². The Balaban J connectivity index is 1.57. The van der Waals surface area contributed by atoms with Crippen molar-refractivity contribution >= 4 is 22.6 Å². The number of carbonyl (C=O) groups excluding carboxylic acids is 1. The molecule has 158 valence electrons. The molecule has 2 heterocycles. The van der Waals surface area contributed by atoms with Gasteiger partial charge in [-0.1, -0.05) is 0 Å². The van der Waals surface area contributed by atoms with E-state index >= 15 is 4.39 Å². The fraction of sp³-hybridized carbons (Fsp3) is 0.417. The number of benzene rings is 1. The van der Waals surface area contributed by atoms with Gasteiger partial charge >= 0.3 is 6.03 Å². The van der Waals surface area contributed by atoms with Crippen LogP contribution in [0, 0.1) is 5.82 Å². The standard InChI is InChI=1S/C24H29FN4O/c1-16(2)29-22-7-5-4-6-19(22)20-14-18(15-21(25)23(20)29)27-24(30)28(3)13-10-17-8-11-26-12-9-17/h8-9,11-12,14-16H,4-7,10,13H2,1-3H3,(H,27,30).